The zero-order valence-corrected chi connectivity index (χ0v) is 30.8. The number of unbranched alkanes of at least 4 members (excludes halogenated alkanes) is 3. The molecule has 3 aromatic rings. The minimum atomic E-state index is -0.0607. The second-order valence-corrected chi connectivity index (χ2v) is 10.8. The van der Waals surface area contributed by atoms with Crippen molar-refractivity contribution in [2.45, 2.75) is 141 Å². The number of carbonyl (C=O) groups excluding carboxylic acids is 1. The Labute approximate surface area is 271 Å². The number of rotatable bonds is 8. The maximum atomic E-state index is 11.1. The topological polar surface area (TPSA) is 68.0 Å². The van der Waals surface area contributed by atoms with E-state index in [9.17, 15) is 4.79 Å². The molecule has 0 aliphatic heterocycles. The van der Waals surface area contributed by atoms with Gasteiger partial charge in [-0.2, -0.15) is 0 Å². The average Bonchev–Trinajstić information content (AvgIpc) is 3.00. The molecule has 246 valence electrons. The van der Waals surface area contributed by atoms with Crippen LogP contribution in [0.2, 0.25) is 5.02 Å². The van der Waals surface area contributed by atoms with Crippen molar-refractivity contribution in [2.24, 2.45) is 5.92 Å². The molecule has 0 aliphatic carbocycles. The first-order chi connectivity index (χ1) is 20.5. The van der Waals surface area contributed by atoms with E-state index in [1.54, 1.807) is 6.20 Å². The van der Waals surface area contributed by atoms with Crippen LogP contribution >= 0.6 is 11.6 Å². The molecule has 43 heavy (non-hydrogen) atoms. The Morgan fingerprint density at radius 2 is 1.44 bits per heavy atom. The number of nitrogens with one attached hydrogen (secondary N) is 1. The van der Waals surface area contributed by atoms with Crippen LogP contribution in [0.5, 0.6) is 0 Å². The van der Waals surface area contributed by atoms with Crippen molar-refractivity contribution in [3.05, 3.63) is 64.3 Å². The lowest BCUT2D eigenvalue weighted by Gasteiger charge is -2.09. The monoisotopic (exact) mass is 615 g/mol. The van der Waals surface area contributed by atoms with Gasteiger partial charge in [-0.05, 0) is 55.5 Å². The maximum Gasteiger partial charge on any atom is 0.221 e. The molecule has 1 unspecified atom stereocenters. The standard InChI is InChI=1S/C12H12N2O.C10H22.C8H10ClN.C4H10.2C2H6/c1-8-7-13-11-6-4-3-5-10(11)12(8)14-9(2)15;1-4-6-7-9-10(3)8-5-2;1-5-3-6(2)8(10)7(9)4-5;1-3-4-2;2*1-2/h3-7H,1-2H3,(H,13,14,15);10H,4-9H2,1-3H3;3-4H,10H2,1-2H3;3-4H2,1-2H3;2*1-2H3. The number of hydrogen-bond donors (Lipinski definition) is 2. The normalized spacial score (nSPS) is 10.0. The molecule has 0 fully saturated rings. The highest BCUT2D eigenvalue weighted by Crippen LogP contribution is 2.25. The molecule has 0 spiro atoms. The van der Waals surface area contributed by atoms with Gasteiger partial charge >= 0.3 is 0 Å². The minimum absolute atomic E-state index is 0.0607. The second-order valence-electron chi connectivity index (χ2n) is 10.4. The van der Waals surface area contributed by atoms with Crippen molar-refractivity contribution in [1.29, 1.82) is 0 Å². The molecule has 0 aliphatic rings. The number of anilines is 2. The number of halogens is 1. The first-order valence-corrected chi connectivity index (χ1v) is 17.0. The number of fused-ring (bicyclic) bond motifs is 1. The van der Waals surface area contributed by atoms with Crippen molar-refractivity contribution in [1.82, 2.24) is 4.98 Å². The van der Waals surface area contributed by atoms with Gasteiger partial charge in [0.2, 0.25) is 5.91 Å². The summed E-state index contributed by atoms with van der Waals surface area (Å²) in [5.41, 5.74) is 11.2. The van der Waals surface area contributed by atoms with E-state index in [1.807, 2.05) is 84.9 Å². The van der Waals surface area contributed by atoms with Gasteiger partial charge in [0, 0.05) is 18.5 Å². The van der Waals surface area contributed by atoms with E-state index in [0.29, 0.717) is 10.7 Å². The summed E-state index contributed by atoms with van der Waals surface area (Å²) in [5.74, 6) is 0.908. The number of benzene rings is 2. The summed E-state index contributed by atoms with van der Waals surface area (Å²) in [6.07, 6.45) is 12.9. The number of aromatic nitrogens is 1. The van der Waals surface area contributed by atoms with E-state index in [2.05, 4.69) is 44.9 Å². The van der Waals surface area contributed by atoms with Gasteiger partial charge < -0.3 is 11.1 Å². The smallest absolute Gasteiger partial charge is 0.221 e. The van der Waals surface area contributed by atoms with Gasteiger partial charge in [-0.3, -0.25) is 9.78 Å². The summed E-state index contributed by atoms with van der Waals surface area (Å²) in [6, 6.07) is 11.6. The Morgan fingerprint density at radius 3 is 1.93 bits per heavy atom. The van der Waals surface area contributed by atoms with Crippen molar-refractivity contribution in [3.8, 4) is 0 Å². The van der Waals surface area contributed by atoms with Crippen LogP contribution in [0, 0.1) is 26.7 Å². The summed E-state index contributed by atoms with van der Waals surface area (Å²) in [6.45, 7) is 26.7. The van der Waals surface area contributed by atoms with Crippen molar-refractivity contribution in [2.75, 3.05) is 11.1 Å². The van der Waals surface area contributed by atoms with E-state index in [1.165, 1.54) is 58.3 Å². The van der Waals surface area contributed by atoms with E-state index < -0.39 is 0 Å². The molecule has 0 saturated carbocycles. The Bertz CT molecular complexity index is 1070. The number of nitrogens with zero attached hydrogens (tertiary/aromatic N) is 1. The molecular weight excluding hydrogens is 550 g/mol. The Kier molecular flexibility index (Phi) is 30.7. The number of hydrogen-bond acceptors (Lipinski definition) is 3. The highest BCUT2D eigenvalue weighted by Gasteiger charge is 2.06. The lowest BCUT2D eigenvalue weighted by molar-refractivity contribution is -0.114. The molecule has 3 rings (SSSR count). The number of amides is 1. The van der Waals surface area contributed by atoms with E-state index in [0.717, 1.165) is 39.2 Å². The lowest BCUT2D eigenvalue weighted by atomic mass is 9.99. The van der Waals surface area contributed by atoms with Crippen LogP contribution in [0.4, 0.5) is 11.4 Å². The zero-order valence-electron chi connectivity index (χ0n) is 30.1. The van der Waals surface area contributed by atoms with Crippen molar-refractivity contribution in [3.63, 3.8) is 0 Å². The fraction of sp³-hybridized carbons (Fsp3) is 0.579. The number of aryl methyl sites for hydroxylation is 3. The molecule has 1 amide bonds. The molecule has 1 aromatic heterocycles. The van der Waals surface area contributed by atoms with Gasteiger partial charge in [-0.25, -0.2) is 0 Å². The number of carbonyl (C=O) groups is 1. The van der Waals surface area contributed by atoms with Gasteiger partial charge in [0.15, 0.2) is 0 Å². The Hall–Kier alpha value is -2.59. The minimum Gasteiger partial charge on any atom is -0.397 e. The lowest BCUT2D eigenvalue weighted by Crippen LogP contribution is -2.08. The number of pyridine rings is 1. The first kappa shape index (κ1) is 44.8. The van der Waals surface area contributed by atoms with E-state index >= 15 is 0 Å². The highest BCUT2D eigenvalue weighted by molar-refractivity contribution is 6.33. The zero-order chi connectivity index (χ0) is 33.8. The summed E-state index contributed by atoms with van der Waals surface area (Å²) < 4.78 is 0. The van der Waals surface area contributed by atoms with Crippen LogP contribution in [0.25, 0.3) is 10.9 Å². The number of nitrogens with two attached hydrogens (primary N) is 1. The fourth-order valence-electron chi connectivity index (χ4n) is 3.89. The molecule has 3 N–H and O–H groups in total. The van der Waals surface area contributed by atoms with Gasteiger partial charge in [0.25, 0.3) is 0 Å². The number of para-hydroxylation sites is 1. The average molecular weight is 616 g/mol. The Balaban J connectivity index is -0.000000509. The van der Waals surface area contributed by atoms with Crippen LogP contribution < -0.4 is 11.1 Å². The SMILES string of the molecule is CC.CC.CC(=O)Nc1c(C)cnc2ccccc12.CCCC.CCCCCC(C)CCC.Cc1cc(C)c(N)c(Cl)c1. The van der Waals surface area contributed by atoms with Crippen LogP contribution in [-0.2, 0) is 4.79 Å². The third-order valence-electron chi connectivity index (χ3n) is 6.33. The quantitative estimate of drug-likeness (QED) is 0.195. The molecule has 5 heteroatoms. The summed E-state index contributed by atoms with van der Waals surface area (Å²) in [4.78, 5) is 15.4. The second kappa shape index (κ2) is 29.5. The molecule has 2 aromatic carbocycles. The van der Waals surface area contributed by atoms with Crippen LogP contribution in [0.3, 0.4) is 0 Å². The maximum absolute atomic E-state index is 11.1. The first-order valence-electron chi connectivity index (χ1n) is 16.7. The van der Waals surface area contributed by atoms with Crippen molar-refractivity contribution >= 4 is 39.8 Å². The molecule has 0 radical (unpaired) electrons. The molecule has 1 atom stereocenters. The van der Waals surface area contributed by atoms with E-state index in [4.69, 9.17) is 17.3 Å². The van der Waals surface area contributed by atoms with Gasteiger partial charge in [0.05, 0.1) is 21.9 Å². The predicted molar refractivity (Wildman–Crippen MR) is 198 cm³/mol. The molecular formula is C38H66ClN3O. The largest absolute Gasteiger partial charge is 0.397 e. The third kappa shape index (κ3) is 21.7. The van der Waals surface area contributed by atoms with Crippen LogP contribution in [0.15, 0.2) is 42.6 Å². The fourth-order valence-corrected chi connectivity index (χ4v) is 4.21. The van der Waals surface area contributed by atoms with Crippen LogP contribution in [0.1, 0.15) is 137 Å². The van der Waals surface area contributed by atoms with Gasteiger partial charge in [-0.1, -0.05) is 150 Å². The summed E-state index contributed by atoms with van der Waals surface area (Å²) in [5, 5.41) is 4.47. The van der Waals surface area contributed by atoms with Gasteiger partial charge in [-0.15, -0.1) is 0 Å². The molecule has 1 heterocycles. The number of nitrogen functional groups attached to an aromatic ring is 1. The van der Waals surface area contributed by atoms with Crippen LogP contribution in [-0.4, -0.2) is 10.9 Å². The predicted octanol–water partition coefficient (Wildman–Crippen LogP) is 12.9. The highest BCUT2D eigenvalue weighted by atomic mass is 35.5. The summed E-state index contributed by atoms with van der Waals surface area (Å²) >= 11 is 5.79. The molecule has 4 nitrogen and oxygen atoms in total. The van der Waals surface area contributed by atoms with Crippen molar-refractivity contribution < 1.29 is 4.79 Å². The van der Waals surface area contributed by atoms with Gasteiger partial charge in [0.1, 0.15) is 0 Å². The third-order valence-corrected chi connectivity index (χ3v) is 6.64. The molecule has 0 bridgehead atoms. The Morgan fingerprint density at radius 1 is 0.860 bits per heavy atom. The summed E-state index contributed by atoms with van der Waals surface area (Å²) in [7, 11) is 0. The van der Waals surface area contributed by atoms with E-state index in [-0.39, 0.29) is 5.91 Å². The molecule has 0 saturated heterocycles.